The quantitative estimate of drug-likeness (QED) is 0.166. The van der Waals surface area contributed by atoms with Crippen molar-refractivity contribution in [2.45, 2.75) is 83.1 Å². The molecular weight excluding hydrogens is 589 g/mol. The number of rotatable bonds is 4. The van der Waals surface area contributed by atoms with Crippen LogP contribution in [0.4, 0.5) is 0 Å². The summed E-state index contributed by atoms with van der Waals surface area (Å²) in [5.41, 5.74) is 14.7. The molecule has 0 heterocycles. The molecule has 6 rings (SSSR count). The summed E-state index contributed by atoms with van der Waals surface area (Å²) in [6.07, 6.45) is 2.17. The van der Waals surface area contributed by atoms with Crippen LogP contribution in [0.15, 0.2) is 152 Å². The Bertz CT molecular complexity index is 1510. The van der Waals surface area contributed by atoms with Crippen molar-refractivity contribution in [3.05, 3.63) is 209 Å². The summed E-state index contributed by atoms with van der Waals surface area (Å²) in [5, 5.41) is 0. The molecule has 0 unspecified atom stereocenters. The van der Waals surface area contributed by atoms with Crippen LogP contribution in [0.3, 0.4) is 0 Å². The molecule has 0 bridgehead atoms. The third-order valence-corrected chi connectivity index (χ3v) is 7.56. The van der Waals surface area contributed by atoms with Gasteiger partial charge < -0.3 is 6.92 Å². The van der Waals surface area contributed by atoms with E-state index in [0.29, 0.717) is 0 Å². The first-order chi connectivity index (χ1) is 22.7. The Hall–Kier alpha value is -4.68. The van der Waals surface area contributed by atoms with Gasteiger partial charge in [0.05, 0.1) is 0 Å². The van der Waals surface area contributed by atoms with Gasteiger partial charge in [0.2, 0.25) is 0 Å². The smallest absolute Gasteiger partial charge is 0.00258 e. The molecule has 0 heteroatoms. The Balaban J connectivity index is 0.000000629. The van der Waals surface area contributed by atoms with Gasteiger partial charge in [-0.1, -0.05) is 207 Å². The summed E-state index contributed by atoms with van der Waals surface area (Å²) in [4.78, 5) is 0. The van der Waals surface area contributed by atoms with Gasteiger partial charge in [0, 0.05) is 0 Å². The van der Waals surface area contributed by atoms with Gasteiger partial charge in [-0.25, -0.2) is 0 Å². The molecule has 0 spiro atoms. The van der Waals surface area contributed by atoms with E-state index < -0.39 is 0 Å². The molecule has 49 heavy (non-hydrogen) atoms. The van der Waals surface area contributed by atoms with E-state index in [9.17, 15) is 0 Å². The van der Waals surface area contributed by atoms with Crippen molar-refractivity contribution in [2.75, 3.05) is 0 Å². The maximum absolute atomic E-state index is 3.25. The van der Waals surface area contributed by atoms with Crippen LogP contribution in [0.5, 0.6) is 0 Å². The Morgan fingerprint density at radius 1 is 0.327 bits per heavy atom. The lowest BCUT2D eigenvalue weighted by molar-refractivity contribution is 1.14. The van der Waals surface area contributed by atoms with Crippen LogP contribution in [-0.2, 0) is 12.8 Å². The van der Waals surface area contributed by atoms with Crippen molar-refractivity contribution in [3.8, 4) is 11.1 Å². The van der Waals surface area contributed by atoms with Crippen LogP contribution in [0, 0.1) is 48.5 Å². The third-order valence-electron chi connectivity index (χ3n) is 7.56. The maximum atomic E-state index is 3.25. The summed E-state index contributed by atoms with van der Waals surface area (Å²) in [7, 11) is 0. The highest BCUT2D eigenvalue weighted by molar-refractivity contribution is 5.63. The third kappa shape index (κ3) is 18.4. The van der Waals surface area contributed by atoms with E-state index in [1.165, 1.54) is 61.2 Å². The Kier molecular flexibility index (Phi) is 22.9. The van der Waals surface area contributed by atoms with Crippen LogP contribution in [0.1, 0.15) is 78.8 Å². The Labute approximate surface area is 301 Å². The normalized spacial score (nSPS) is 9.16. The predicted molar refractivity (Wildman–Crippen MR) is 223 cm³/mol. The lowest BCUT2D eigenvalue weighted by atomic mass is 10.0. The molecule has 0 amide bonds. The highest BCUT2D eigenvalue weighted by atomic mass is 14.0. The number of hydrogen-bond donors (Lipinski definition) is 0. The molecule has 260 valence electrons. The van der Waals surface area contributed by atoms with Gasteiger partial charge in [-0.2, -0.15) is 6.92 Å². The predicted octanol–water partition coefficient (Wildman–Crippen LogP) is 14.5. The van der Waals surface area contributed by atoms with E-state index in [2.05, 4.69) is 201 Å². The van der Waals surface area contributed by atoms with E-state index >= 15 is 0 Å². The number of benzene rings is 6. The topological polar surface area (TPSA) is 0 Å². The Morgan fingerprint density at radius 3 is 0.816 bits per heavy atom. The Morgan fingerprint density at radius 2 is 0.571 bits per heavy atom. The molecule has 0 saturated carbocycles. The van der Waals surface area contributed by atoms with E-state index in [4.69, 9.17) is 0 Å². The largest absolute Gasteiger partial charge is 0.346 e. The van der Waals surface area contributed by atoms with E-state index in [1.807, 2.05) is 6.07 Å². The van der Waals surface area contributed by atoms with Gasteiger partial charge in [0.25, 0.3) is 0 Å². The fourth-order valence-corrected chi connectivity index (χ4v) is 4.49. The van der Waals surface area contributed by atoms with Gasteiger partial charge >= 0.3 is 0 Å². The molecule has 6 aromatic rings. The monoisotopic (exact) mass is 651 g/mol. The van der Waals surface area contributed by atoms with Crippen LogP contribution >= 0.6 is 0 Å². The fourth-order valence-electron chi connectivity index (χ4n) is 4.49. The fraction of sp³-hybridized carbons (Fsp3) is 0.245. The van der Waals surface area contributed by atoms with Crippen LogP contribution in [0.25, 0.3) is 11.1 Å². The van der Waals surface area contributed by atoms with Gasteiger partial charge in [0.15, 0.2) is 0 Å². The maximum Gasteiger partial charge on any atom is -0.00258 e. The SMILES string of the molecule is C.C.CCc1ccccc1.Cc1ccc(-c2ccc(C)cc2)cc1.Cc1ccc(C)cc1.Cc1ccc(Cc2ccc(C)cc2)cc1.[CH2-]C. The summed E-state index contributed by atoms with van der Waals surface area (Å²) in [6.45, 7) is 19.8. The summed E-state index contributed by atoms with van der Waals surface area (Å²) in [6, 6.07) is 53.7. The molecule has 0 radical (unpaired) electrons. The molecule has 0 aliphatic rings. The number of aryl methyl sites for hydroxylation is 7. The minimum absolute atomic E-state index is 0. The lowest BCUT2D eigenvalue weighted by Gasteiger charge is -2.03. The van der Waals surface area contributed by atoms with Crippen molar-refractivity contribution in [2.24, 2.45) is 0 Å². The first-order valence-electron chi connectivity index (χ1n) is 16.7. The highest BCUT2D eigenvalue weighted by Gasteiger charge is 1.96. The second-order valence-corrected chi connectivity index (χ2v) is 11.9. The van der Waals surface area contributed by atoms with E-state index in [-0.39, 0.29) is 14.9 Å². The zero-order chi connectivity index (χ0) is 34.4. The number of hydrogen-bond acceptors (Lipinski definition) is 0. The van der Waals surface area contributed by atoms with Gasteiger partial charge in [0.1, 0.15) is 0 Å². The molecule has 0 aromatic heterocycles. The van der Waals surface area contributed by atoms with Crippen LogP contribution in [-0.4, -0.2) is 0 Å². The minimum atomic E-state index is 0. The standard InChI is InChI=1S/C15H16.C14H14.2C8H10.C2H5.2CH4/c1-12-3-7-14(8-4-12)11-15-9-5-13(2)6-10-15;1-11-3-7-13(8-4-11)14-9-5-12(2)6-10-14;1-7-3-5-8(2)6-4-7;1-2-8-6-4-3-5-7-8;1-2;;/h3-10H,11H2,1-2H3;3-10H,1-2H3;3-6H,1-2H3;3-7H,2H2,1H3;1H2,2H3;2*1H4/q;;;;-1;;. The van der Waals surface area contributed by atoms with Crippen molar-refractivity contribution in [1.29, 1.82) is 0 Å². The van der Waals surface area contributed by atoms with Crippen molar-refractivity contribution in [3.63, 3.8) is 0 Å². The molecule has 6 aromatic carbocycles. The average molecular weight is 652 g/mol. The zero-order valence-electron chi connectivity index (χ0n) is 30.1. The molecule has 0 atom stereocenters. The van der Waals surface area contributed by atoms with E-state index in [0.717, 1.165) is 12.8 Å². The van der Waals surface area contributed by atoms with Crippen LogP contribution < -0.4 is 0 Å². The van der Waals surface area contributed by atoms with Gasteiger partial charge in [-0.3, -0.25) is 0 Å². The average Bonchev–Trinajstić information content (AvgIpc) is 3.11. The molecule has 0 saturated heterocycles. The first kappa shape index (κ1) is 44.3. The second kappa shape index (κ2) is 25.4. The van der Waals surface area contributed by atoms with Crippen molar-refractivity contribution < 1.29 is 0 Å². The zero-order valence-corrected chi connectivity index (χ0v) is 30.1. The van der Waals surface area contributed by atoms with Crippen molar-refractivity contribution >= 4 is 0 Å². The molecule has 0 aliphatic heterocycles. The molecule has 0 aliphatic carbocycles. The van der Waals surface area contributed by atoms with Crippen LogP contribution in [0.2, 0.25) is 0 Å². The summed E-state index contributed by atoms with van der Waals surface area (Å²) < 4.78 is 0. The highest BCUT2D eigenvalue weighted by Crippen LogP contribution is 2.20. The van der Waals surface area contributed by atoms with Crippen molar-refractivity contribution in [1.82, 2.24) is 0 Å². The second-order valence-electron chi connectivity index (χ2n) is 11.9. The molecular formula is C49H63-. The first-order valence-corrected chi connectivity index (χ1v) is 16.7. The van der Waals surface area contributed by atoms with Gasteiger partial charge in [-0.15, -0.1) is 0 Å². The van der Waals surface area contributed by atoms with Gasteiger partial charge in [-0.05, 0) is 82.2 Å². The summed E-state index contributed by atoms with van der Waals surface area (Å²) in [5.74, 6) is 0. The summed E-state index contributed by atoms with van der Waals surface area (Å²) >= 11 is 0. The molecule has 0 nitrogen and oxygen atoms in total. The molecule has 0 fully saturated rings. The lowest BCUT2D eigenvalue weighted by Crippen LogP contribution is -1.88. The minimum Gasteiger partial charge on any atom is -0.346 e. The molecule has 0 N–H and O–H groups in total. The van der Waals surface area contributed by atoms with E-state index in [1.54, 1.807) is 6.92 Å².